The second-order valence-electron chi connectivity index (χ2n) is 4.31. The maximum atomic E-state index is 9.05. The fraction of sp³-hybridized carbons (Fsp3) is 0.533. The van der Waals surface area contributed by atoms with Crippen molar-refractivity contribution in [2.75, 3.05) is 34.5 Å². The SMILES string of the molecule is CCCNC(C#N)COc1cc(OC)c(OC)c(OC)c1. The molecule has 1 unspecified atom stereocenters. The van der Waals surface area contributed by atoms with Crippen LogP contribution in [0.5, 0.6) is 23.0 Å². The molecule has 0 saturated heterocycles. The summed E-state index contributed by atoms with van der Waals surface area (Å²) in [6, 6.07) is 5.21. The van der Waals surface area contributed by atoms with Crippen LogP contribution in [0.1, 0.15) is 13.3 Å². The van der Waals surface area contributed by atoms with Crippen LogP contribution in [0.4, 0.5) is 0 Å². The van der Waals surface area contributed by atoms with E-state index in [9.17, 15) is 0 Å². The number of nitrogens with one attached hydrogen (secondary N) is 1. The summed E-state index contributed by atoms with van der Waals surface area (Å²) >= 11 is 0. The summed E-state index contributed by atoms with van der Waals surface area (Å²) in [6.45, 7) is 3.06. The van der Waals surface area contributed by atoms with Crippen LogP contribution < -0.4 is 24.3 Å². The highest BCUT2D eigenvalue weighted by Crippen LogP contribution is 2.40. The topological polar surface area (TPSA) is 72.7 Å². The Bertz CT molecular complexity index is 460. The van der Waals surface area contributed by atoms with Crippen LogP contribution in [0.2, 0.25) is 0 Å². The zero-order valence-electron chi connectivity index (χ0n) is 12.9. The van der Waals surface area contributed by atoms with Crippen molar-refractivity contribution in [3.05, 3.63) is 12.1 Å². The normalized spacial score (nSPS) is 11.4. The van der Waals surface area contributed by atoms with Gasteiger partial charge in [-0.1, -0.05) is 6.92 Å². The Labute approximate surface area is 125 Å². The number of nitrogens with zero attached hydrogens (tertiary/aromatic N) is 1. The summed E-state index contributed by atoms with van der Waals surface area (Å²) in [5.74, 6) is 2.10. The molecule has 1 atom stereocenters. The highest BCUT2D eigenvalue weighted by atomic mass is 16.5. The molecule has 21 heavy (non-hydrogen) atoms. The average molecular weight is 294 g/mol. The van der Waals surface area contributed by atoms with Crippen LogP contribution in [0, 0.1) is 11.3 Å². The Hall–Kier alpha value is -2.13. The number of hydrogen-bond donors (Lipinski definition) is 1. The Morgan fingerprint density at radius 1 is 1.14 bits per heavy atom. The molecular weight excluding hydrogens is 272 g/mol. The van der Waals surface area contributed by atoms with Gasteiger partial charge in [-0.15, -0.1) is 0 Å². The van der Waals surface area contributed by atoms with Gasteiger partial charge in [-0.05, 0) is 13.0 Å². The largest absolute Gasteiger partial charge is 0.493 e. The molecular formula is C15H22N2O4. The van der Waals surface area contributed by atoms with Crippen LogP contribution in [-0.2, 0) is 0 Å². The fourth-order valence-electron chi connectivity index (χ4n) is 1.78. The number of benzene rings is 1. The van der Waals surface area contributed by atoms with Crippen LogP contribution in [-0.4, -0.2) is 40.5 Å². The predicted molar refractivity (Wildman–Crippen MR) is 79.3 cm³/mol. The van der Waals surface area contributed by atoms with Crippen LogP contribution >= 0.6 is 0 Å². The molecule has 0 radical (unpaired) electrons. The van der Waals surface area contributed by atoms with Crippen LogP contribution in [0.15, 0.2) is 12.1 Å². The summed E-state index contributed by atoms with van der Waals surface area (Å²) in [5, 5.41) is 12.1. The van der Waals surface area contributed by atoms with E-state index in [1.807, 2.05) is 6.92 Å². The molecule has 0 aromatic heterocycles. The number of hydrogen-bond acceptors (Lipinski definition) is 6. The molecule has 6 nitrogen and oxygen atoms in total. The van der Waals surface area contributed by atoms with Crippen molar-refractivity contribution in [3.63, 3.8) is 0 Å². The van der Waals surface area contributed by atoms with Gasteiger partial charge in [-0.3, -0.25) is 5.32 Å². The molecule has 0 spiro atoms. The molecule has 0 amide bonds. The van der Waals surface area contributed by atoms with Crippen molar-refractivity contribution in [1.29, 1.82) is 5.26 Å². The molecule has 0 aliphatic heterocycles. The molecule has 6 heteroatoms. The van der Waals surface area contributed by atoms with Gasteiger partial charge in [0.05, 0.1) is 27.4 Å². The number of rotatable bonds is 9. The molecule has 0 aliphatic rings. The van der Waals surface area contributed by atoms with Crippen molar-refractivity contribution in [2.45, 2.75) is 19.4 Å². The zero-order valence-corrected chi connectivity index (χ0v) is 12.9. The summed E-state index contributed by atoms with van der Waals surface area (Å²) in [5.41, 5.74) is 0. The van der Waals surface area contributed by atoms with Gasteiger partial charge >= 0.3 is 0 Å². The Morgan fingerprint density at radius 3 is 2.19 bits per heavy atom. The van der Waals surface area contributed by atoms with Gasteiger partial charge in [0.2, 0.25) is 5.75 Å². The standard InChI is InChI=1S/C15H22N2O4/c1-5-6-17-11(9-16)10-21-12-7-13(18-2)15(20-4)14(8-12)19-3/h7-8,11,17H,5-6,10H2,1-4H3. The molecule has 0 bridgehead atoms. The van der Waals surface area contributed by atoms with E-state index in [2.05, 4.69) is 11.4 Å². The lowest BCUT2D eigenvalue weighted by molar-refractivity contribution is 0.280. The van der Waals surface area contributed by atoms with E-state index >= 15 is 0 Å². The minimum absolute atomic E-state index is 0.245. The predicted octanol–water partition coefficient (Wildman–Crippen LogP) is 1.98. The first-order chi connectivity index (χ1) is 10.2. The van der Waals surface area contributed by atoms with Gasteiger partial charge in [0.1, 0.15) is 18.4 Å². The third-order valence-corrected chi connectivity index (χ3v) is 2.85. The molecule has 1 aromatic rings. The van der Waals surface area contributed by atoms with Crippen molar-refractivity contribution < 1.29 is 18.9 Å². The maximum Gasteiger partial charge on any atom is 0.203 e. The van der Waals surface area contributed by atoms with E-state index in [1.54, 1.807) is 33.5 Å². The third kappa shape index (κ3) is 4.72. The van der Waals surface area contributed by atoms with E-state index in [-0.39, 0.29) is 12.6 Å². The first kappa shape index (κ1) is 16.9. The summed E-state index contributed by atoms with van der Waals surface area (Å²) < 4.78 is 21.4. The summed E-state index contributed by atoms with van der Waals surface area (Å²) in [7, 11) is 4.63. The van der Waals surface area contributed by atoms with Crippen LogP contribution in [0.3, 0.4) is 0 Å². The van der Waals surface area contributed by atoms with E-state index in [0.717, 1.165) is 13.0 Å². The number of nitriles is 1. The molecule has 1 rings (SSSR count). The summed E-state index contributed by atoms with van der Waals surface area (Å²) in [4.78, 5) is 0. The van der Waals surface area contributed by atoms with Crippen LogP contribution in [0.25, 0.3) is 0 Å². The highest BCUT2D eigenvalue weighted by molar-refractivity contribution is 5.55. The molecule has 1 N–H and O–H groups in total. The molecule has 0 heterocycles. The fourth-order valence-corrected chi connectivity index (χ4v) is 1.78. The minimum atomic E-state index is -0.357. The molecule has 0 fully saturated rings. The smallest absolute Gasteiger partial charge is 0.203 e. The lowest BCUT2D eigenvalue weighted by Gasteiger charge is -2.16. The van der Waals surface area contributed by atoms with Gasteiger partial charge < -0.3 is 18.9 Å². The first-order valence-corrected chi connectivity index (χ1v) is 6.75. The van der Waals surface area contributed by atoms with E-state index in [4.69, 9.17) is 24.2 Å². The second-order valence-corrected chi connectivity index (χ2v) is 4.31. The number of methoxy groups -OCH3 is 3. The van der Waals surface area contributed by atoms with Crippen molar-refractivity contribution in [1.82, 2.24) is 5.32 Å². The van der Waals surface area contributed by atoms with Gasteiger partial charge in [0.15, 0.2) is 11.5 Å². The van der Waals surface area contributed by atoms with E-state index < -0.39 is 0 Å². The minimum Gasteiger partial charge on any atom is -0.493 e. The van der Waals surface area contributed by atoms with Crippen molar-refractivity contribution in [2.24, 2.45) is 0 Å². The molecule has 116 valence electrons. The number of ether oxygens (including phenoxy) is 4. The lowest BCUT2D eigenvalue weighted by Crippen LogP contribution is -2.33. The monoisotopic (exact) mass is 294 g/mol. The highest BCUT2D eigenvalue weighted by Gasteiger charge is 2.15. The van der Waals surface area contributed by atoms with Gasteiger partial charge in [-0.25, -0.2) is 0 Å². The van der Waals surface area contributed by atoms with Crippen molar-refractivity contribution in [3.8, 4) is 29.1 Å². The Kier molecular flexibility index (Phi) is 7.19. The van der Waals surface area contributed by atoms with Gasteiger partial charge in [-0.2, -0.15) is 5.26 Å². The Balaban J connectivity index is 2.81. The molecule has 0 aliphatic carbocycles. The average Bonchev–Trinajstić information content (AvgIpc) is 2.53. The van der Waals surface area contributed by atoms with E-state index in [0.29, 0.717) is 23.0 Å². The second kappa shape index (κ2) is 8.93. The van der Waals surface area contributed by atoms with Gasteiger partial charge in [0.25, 0.3) is 0 Å². The summed E-state index contributed by atoms with van der Waals surface area (Å²) in [6.07, 6.45) is 0.961. The third-order valence-electron chi connectivity index (χ3n) is 2.85. The molecule has 0 saturated carbocycles. The maximum absolute atomic E-state index is 9.05. The van der Waals surface area contributed by atoms with E-state index in [1.165, 1.54) is 0 Å². The first-order valence-electron chi connectivity index (χ1n) is 6.75. The van der Waals surface area contributed by atoms with Gasteiger partial charge in [0, 0.05) is 12.1 Å². The quantitative estimate of drug-likeness (QED) is 0.751. The molecule has 1 aromatic carbocycles. The Morgan fingerprint density at radius 2 is 1.76 bits per heavy atom. The van der Waals surface area contributed by atoms with Crippen molar-refractivity contribution >= 4 is 0 Å². The zero-order chi connectivity index (χ0) is 15.7. The lowest BCUT2D eigenvalue weighted by atomic mass is 10.2.